The standard InChI is InChI=1S/C12H15Br2N3O3S/c1-8(18)16-2-4-17(5-3-16)21(19,20)12-10(13)6-9(15)7-11(12)14/h6-7H,2-5,15H2,1H3. The fraction of sp³-hybridized carbons (Fsp3) is 0.417. The summed E-state index contributed by atoms with van der Waals surface area (Å²) >= 11 is 6.51. The first-order chi connectivity index (χ1) is 9.73. The number of sulfonamides is 1. The number of hydrogen-bond donors (Lipinski definition) is 1. The van der Waals surface area contributed by atoms with Gasteiger partial charge in [-0.3, -0.25) is 4.79 Å². The van der Waals surface area contributed by atoms with Crippen LogP contribution in [0.5, 0.6) is 0 Å². The van der Waals surface area contributed by atoms with Crippen LogP contribution in [0.3, 0.4) is 0 Å². The van der Waals surface area contributed by atoms with Crippen LogP contribution in [0.25, 0.3) is 0 Å². The van der Waals surface area contributed by atoms with Crippen LogP contribution in [-0.2, 0) is 14.8 Å². The maximum atomic E-state index is 12.7. The number of halogens is 2. The van der Waals surface area contributed by atoms with Crippen molar-refractivity contribution in [1.29, 1.82) is 0 Å². The van der Waals surface area contributed by atoms with Gasteiger partial charge in [0.15, 0.2) is 0 Å². The molecular weight excluding hydrogens is 426 g/mol. The number of rotatable bonds is 2. The minimum atomic E-state index is -3.64. The molecule has 1 saturated heterocycles. The molecule has 0 radical (unpaired) electrons. The minimum Gasteiger partial charge on any atom is -0.399 e. The third-order valence-corrected chi connectivity index (χ3v) is 7.08. The van der Waals surface area contributed by atoms with E-state index in [0.29, 0.717) is 27.7 Å². The molecule has 1 aliphatic rings. The van der Waals surface area contributed by atoms with E-state index >= 15 is 0 Å². The summed E-state index contributed by atoms with van der Waals surface area (Å²) in [7, 11) is -3.64. The average Bonchev–Trinajstić information content (AvgIpc) is 2.37. The number of carbonyl (C=O) groups excluding carboxylic acids is 1. The zero-order valence-electron chi connectivity index (χ0n) is 11.3. The number of hydrogen-bond acceptors (Lipinski definition) is 4. The van der Waals surface area contributed by atoms with Gasteiger partial charge in [-0.05, 0) is 44.0 Å². The van der Waals surface area contributed by atoms with Crippen molar-refractivity contribution in [2.45, 2.75) is 11.8 Å². The molecule has 0 bridgehead atoms. The molecule has 116 valence electrons. The smallest absolute Gasteiger partial charge is 0.245 e. The van der Waals surface area contributed by atoms with E-state index in [2.05, 4.69) is 31.9 Å². The van der Waals surface area contributed by atoms with Crippen molar-refractivity contribution >= 4 is 53.5 Å². The van der Waals surface area contributed by atoms with Crippen LogP contribution in [0.4, 0.5) is 5.69 Å². The van der Waals surface area contributed by atoms with E-state index < -0.39 is 10.0 Å². The molecule has 9 heteroatoms. The molecule has 1 heterocycles. The molecule has 1 fully saturated rings. The zero-order chi connectivity index (χ0) is 15.8. The largest absolute Gasteiger partial charge is 0.399 e. The Balaban J connectivity index is 2.30. The van der Waals surface area contributed by atoms with Crippen LogP contribution in [0.2, 0.25) is 0 Å². The summed E-state index contributed by atoms with van der Waals surface area (Å²) in [6, 6.07) is 3.12. The highest BCUT2D eigenvalue weighted by Crippen LogP contribution is 2.34. The molecule has 0 saturated carbocycles. The Hall–Kier alpha value is -0.640. The third-order valence-electron chi connectivity index (χ3n) is 3.30. The summed E-state index contributed by atoms with van der Waals surface area (Å²) < 4.78 is 27.7. The second-order valence-electron chi connectivity index (χ2n) is 4.72. The van der Waals surface area contributed by atoms with E-state index in [1.54, 1.807) is 17.0 Å². The second kappa shape index (κ2) is 6.23. The molecule has 1 amide bonds. The number of amides is 1. The molecule has 2 rings (SSSR count). The number of carbonyl (C=O) groups is 1. The van der Waals surface area contributed by atoms with E-state index in [1.807, 2.05) is 0 Å². The van der Waals surface area contributed by atoms with Gasteiger partial charge in [-0.2, -0.15) is 4.31 Å². The molecule has 1 aliphatic heterocycles. The summed E-state index contributed by atoms with van der Waals surface area (Å²) in [6.45, 7) is 2.85. The quantitative estimate of drug-likeness (QED) is 0.708. The zero-order valence-corrected chi connectivity index (χ0v) is 15.3. The Morgan fingerprint density at radius 1 is 1.14 bits per heavy atom. The minimum absolute atomic E-state index is 0.0399. The van der Waals surface area contributed by atoms with Gasteiger partial charge in [-0.1, -0.05) is 0 Å². The third kappa shape index (κ3) is 3.41. The van der Waals surface area contributed by atoms with Crippen LogP contribution < -0.4 is 5.73 Å². The van der Waals surface area contributed by atoms with Crippen LogP contribution >= 0.6 is 31.9 Å². The Bertz CT molecular complexity index is 647. The highest BCUT2D eigenvalue weighted by atomic mass is 79.9. The van der Waals surface area contributed by atoms with Gasteiger partial charge in [0.05, 0.1) is 0 Å². The average molecular weight is 441 g/mol. The number of nitrogen functional groups attached to an aromatic ring is 1. The van der Waals surface area contributed by atoms with Crippen molar-refractivity contribution in [1.82, 2.24) is 9.21 Å². The molecule has 6 nitrogen and oxygen atoms in total. The number of nitrogens with zero attached hydrogens (tertiary/aromatic N) is 2. The molecular formula is C12H15Br2N3O3S. The summed E-state index contributed by atoms with van der Waals surface area (Å²) in [5, 5.41) is 0. The number of piperazine rings is 1. The van der Waals surface area contributed by atoms with Crippen LogP contribution in [-0.4, -0.2) is 49.7 Å². The first kappa shape index (κ1) is 16.7. The summed E-state index contributed by atoms with van der Waals surface area (Å²) in [6.07, 6.45) is 0. The van der Waals surface area contributed by atoms with Crippen LogP contribution in [0.15, 0.2) is 26.0 Å². The van der Waals surface area contributed by atoms with Crippen LogP contribution in [0.1, 0.15) is 6.92 Å². The predicted molar refractivity (Wildman–Crippen MR) is 87.3 cm³/mol. The van der Waals surface area contributed by atoms with Crippen LogP contribution in [0, 0.1) is 0 Å². The lowest BCUT2D eigenvalue weighted by atomic mass is 10.3. The van der Waals surface area contributed by atoms with Gasteiger partial charge in [-0.15, -0.1) is 0 Å². The Morgan fingerprint density at radius 2 is 1.62 bits per heavy atom. The van der Waals surface area contributed by atoms with Crippen molar-refractivity contribution in [3.8, 4) is 0 Å². The van der Waals surface area contributed by atoms with E-state index in [-0.39, 0.29) is 23.9 Å². The fourth-order valence-corrected chi connectivity index (χ4v) is 6.16. The van der Waals surface area contributed by atoms with Crippen molar-refractivity contribution in [2.75, 3.05) is 31.9 Å². The normalized spacial score (nSPS) is 17.0. The summed E-state index contributed by atoms with van der Waals surface area (Å²) in [4.78, 5) is 13.1. The molecule has 0 spiro atoms. The highest BCUT2D eigenvalue weighted by molar-refractivity contribution is 9.11. The summed E-state index contributed by atoms with van der Waals surface area (Å²) in [5.74, 6) is -0.0399. The van der Waals surface area contributed by atoms with E-state index in [9.17, 15) is 13.2 Å². The van der Waals surface area contributed by atoms with Crippen molar-refractivity contribution in [3.05, 3.63) is 21.1 Å². The molecule has 1 aromatic carbocycles. The van der Waals surface area contributed by atoms with Gasteiger partial charge in [0, 0.05) is 47.7 Å². The lowest BCUT2D eigenvalue weighted by Crippen LogP contribution is -2.50. The lowest BCUT2D eigenvalue weighted by molar-refractivity contribution is -0.129. The van der Waals surface area contributed by atoms with Gasteiger partial charge in [0.1, 0.15) is 4.90 Å². The van der Waals surface area contributed by atoms with E-state index in [1.165, 1.54) is 11.2 Å². The highest BCUT2D eigenvalue weighted by Gasteiger charge is 2.32. The van der Waals surface area contributed by atoms with Gasteiger partial charge < -0.3 is 10.6 Å². The predicted octanol–water partition coefficient (Wildman–Crippen LogP) is 1.65. The number of nitrogens with two attached hydrogens (primary N) is 1. The molecule has 0 atom stereocenters. The molecule has 2 N–H and O–H groups in total. The van der Waals surface area contributed by atoms with Crippen molar-refractivity contribution in [2.24, 2.45) is 0 Å². The fourth-order valence-electron chi connectivity index (χ4n) is 2.20. The topological polar surface area (TPSA) is 83.7 Å². The van der Waals surface area contributed by atoms with E-state index in [4.69, 9.17) is 5.73 Å². The Morgan fingerprint density at radius 3 is 2.05 bits per heavy atom. The van der Waals surface area contributed by atoms with Gasteiger partial charge in [0.25, 0.3) is 0 Å². The SMILES string of the molecule is CC(=O)N1CCN(S(=O)(=O)c2c(Br)cc(N)cc2Br)CC1. The first-order valence-electron chi connectivity index (χ1n) is 6.23. The molecule has 21 heavy (non-hydrogen) atoms. The van der Waals surface area contributed by atoms with E-state index in [0.717, 1.165) is 0 Å². The first-order valence-corrected chi connectivity index (χ1v) is 9.26. The number of benzene rings is 1. The van der Waals surface area contributed by atoms with Gasteiger partial charge in [0.2, 0.25) is 15.9 Å². The van der Waals surface area contributed by atoms with Gasteiger partial charge in [-0.25, -0.2) is 8.42 Å². The molecule has 0 unspecified atom stereocenters. The maximum Gasteiger partial charge on any atom is 0.245 e. The molecule has 0 aliphatic carbocycles. The Labute approximate surface area is 140 Å². The van der Waals surface area contributed by atoms with Crippen molar-refractivity contribution < 1.29 is 13.2 Å². The summed E-state index contributed by atoms with van der Waals surface area (Å²) in [5.41, 5.74) is 6.16. The number of anilines is 1. The molecule has 1 aromatic rings. The lowest BCUT2D eigenvalue weighted by Gasteiger charge is -2.33. The van der Waals surface area contributed by atoms with Gasteiger partial charge >= 0.3 is 0 Å². The maximum absolute atomic E-state index is 12.7. The Kier molecular flexibility index (Phi) is 4.96. The monoisotopic (exact) mass is 439 g/mol. The molecule has 0 aromatic heterocycles. The second-order valence-corrected chi connectivity index (χ2v) is 8.31. The van der Waals surface area contributed by atoms with Crippen molar-refractivity contribution in [3.63, 3.8) is 0 Å².